The maximum absolute atomic E-state index is 13.9. The SMILES string of the molecule is Cc1cc(Cl)cc(C2(CC(=O)O)CC2)c1F. The molecule has 2 rings (SSSR count). The van der Waals surface area contributed by atoms with Gasteiger partial charge in [-0.25, -0.2) is 4.39 Å². The first-order valence-corrected chi connectivity index (χ1v) is 5.50. The van der Waals surface area contributed by atoms with Crippen LogP contribution in [0, 0.1) is 12.7 Å². The van der Waals surface area contributed by atoms with E-state index < -0.39 is 11.4 Å². The fourth-order valence-corrected chi connectivity index (χ4v) is 2.37. The number of hydrogen-bond acceptors (Lipinski definition) is 1. The van der Waals surface area contributed by atoms with Crippen molar-refractivity contribution in [3.05, 3.63) is 34.1 Å². The van der Waals surface area contributed by atoms with Gasteiger partial charge in [0.25, 0.3) is 0 Å². The van der Waals surface area contributed by atoms with Gasteiger partial charge in [-0.1, -0.05) is 11.6 Å². The fraction of sp³-hybridized carbons (Fsp3) is 0.417. The minimum Gasteiger partial charge on any atom is -0.481 e. The molecule has 0 aliphatic heterocycles. The van der Waals surface area contributed by atoms with Crippen LogP contribution < -0.4 is 0 Å². The molecule has 4 heteroatoms. The molecule has 0 amide bonds. The van der Waals surface area contributed by atoms with Crippen LogP contribution in [-0.4, -0.2) is 11.1 Å². The second-order valence-corrected chi connectivity index (χ2v) is 4.87. The lowest BCUT2D eigenvalue weighted by atomic mass is 9.90. The zero-order valence-electron chi connectivity index (χ0n) is 8.89. The monoisotopic (exact) mass is 242 g/mol. The van der Waals surface area contributed by atoms with Crippen molar-refractivity contribution in [2.24, 2.45) is 0 Å². The molecule has 0 radical (unpaired) electrons. The Balaban J connectivity index is 2.44. The van der Waals surface area contributed by atoms with E-state index in [2.05, 4.69) is 0 Å². The highest BCUT2D eigenvalue weighted by molar-refractivity contribution is 6.30. The summed E-state index contributed by atoms with van der Waals surface area (Å²) in [4.78, 5) is 10.8. The molecule has 16 heavy (non-hydrogen) atoms. The van der Waals surface area contributed by atoms with Gasteiger partial charge in [-0.05, 0) is 43.0 Å². The Bertz CT molecular complexity index is 453. The molecule has 86 valence electrons. The van der Waals surface area contributed by atoms with Crippen LogP contribution in [0.4, 0.5) is 4.39 Å². The van der Waals surface area contributed by atoms with Crippen molar-refractivity contribution in [3.63, 3.8) is 0 Å². The summed E-state index contributed by atoms with van der Waals surface area (Å²) in [6, 6.07) is 3.11. The first-order valence-electron chi connectivity index (χ1n) is 5.12. The minimum atomic E-state index is -0.894. The third-order valence-electron chi connectivity index (χ3n) is 3.13. The van der Waals surface area contributed by atoms with Crippen molar-refractivity contribution in [3.8, 4) is 0 Å². The molecule has 1 fully saturated rings. The van der Waals surface area contributed by atoms with Gasteiger partial charge in [0.2, 0.25) is 0 Å². The van der Waals surface area contributed by atoms with Crippen LogP contribution in [0.3, 0.4) is 0 Å². The Labute approximate surface area is 98.0 Å². The van der Waals surface area contributed by atoms with Gasteiger partial charge in [-0.2, -0.15) is 0 Å². The Morgan fingerprint density at radius 2 is 2.19 bits per heavy atom. The standard InChI is InChI=1S/C12H12ClFO2/c1-7-4-8(13)5-9(11(7)14)12(2-3-12)6-10(15)16/h4-5H,2-3,6H2,1H3,(H,15,16). The van der Waals surface area contributed by atoms with Gasteiger partial charge < -0.3 is 5.11 Å². The normalized spacial score (nSPS) is 17.2. The highest BCUT2D eigenvalue weighted by Gasteiger charge is 2.47. The lowest BCUT2D eigenvalue weighted by Crippen LogP contribution is -2.15. The molecule has 0 unspecified atom stereocenters. The summed E-state index contributed by atoms with van der Waals surface area (Å²) in [5.41, 5.74) is 0.407. The second kappa shape index (κ2) is 3.74. The van der Waals surface area contributed by atoms with Crippen molar-refractivity contribution < 1.29 is 14.3 Å². The van der Waals surface area contributed by atoms with E-state index in [1.54, 1.807) is 19.1 Å². The minimum absolute atomic E-state index is 0.0241. The van der Waals surface area contributed by atoms with Gasteiger partial charge >= 0.3 is 5.97 Å². The molecule has 1 saturated carbocycles. The number of halogens is 2. The van der Waals surface area contributed by atoms with Crippen LogP contribution in [-0.2, 0) is 10.2 Å². The predicted octanol–water partition coefficient (Wildman–Crippen LogP) is 3.29. The molecule has 0 aromatic heterocycles. The van der Waals surface area contributed by atoms with Crippen LogP contribution >= 0.6 is 11.6 Å². The smallest absolute Gasteiger partial charge is 0.304 e. The maximum atomic E-state index is 13.9. The zero-order chi connectivity index (χ0) is 11.9. The Morgan fingerprint density at radius 3 is 2.69 bits per heavy atom. The molecule has 1 aromatic rings. The number of aryl methyl sites for hydroxylation is 1. The van der Waals surface area contributed by atoms with Crippen LogP contribution in [0.25, 0.3) is 0 Å². The zero-order valence-corrected chi connectivity index (χ0v) is 9.64. The Morgan fingerprint density at radius 1 is 1.56 bits per heavy atom. The van der Waals surface area contributed by atoms with Crippen LogP contribution in [0.1, 0.15) is 30.4 Å². The highest BCUT2D eigenvalue weighted by atomic mass is 35.5. The lowest BCUT2D eigenvalue weighted by molar-refractivity contribution is -0.137. The van der Waals surface area contributed by atoms with E-state index >= 15 is 0 Å². The molecule has 1 aliphatic rings. The van der Waals surface area contributed by atoms with Crippen molar-refractivity contribution >= 4 is 17.6 Å². The van der Waals surface area contributed by atoms with Crippen molar-refractivity contribution in [2.45, 2.75) is 31.6 Å². The van der Waals surface area contributed by atoms with Gasteiger partial charge in [-0.15, -0.1) is 0 Å². The third kappa shape index (κ3) is 1.92. The van der Waals surface area contributed by atoms with Crippen molar-refractivity contribution in [1.82, 2.24) is 0 Å². The van der Waals surface area contributed by atoms with Gasteiger partial charge in [0, 0.05) is 10.4 Å². The van der Waals surface area contributed by atoms with Gasteiger partial charge in [-0.3, -0.25) is 4.79 Å². The number of aliphatic carboxylic acids is 1. The molecule has 0 spiro atoms. The molecule has 0 heterocycles. The van der Waals surface area contributed by atoms with E-state index in [0.29, 0.717) is 16.1 Å². The summed E-state index contributed by atoms with van der Waals surface area (Å²) in [6.07, 6.45) is 1.41. The lowest BCUT2D eigenvalue weighted by Gasteiger charge is -2.15. The second-order valence-electron chi connectivity index (χ2n) is 4.44. The molecule has 1 aromatic carbocycles. The first kappa shape index (κ1) is 11.4. The van der Waals surface area contributed by atoms with E-state index in [9.17, 15) is 9.18 Å². The number of rotatable bonds is 3. The van der Waals surface area contributed by atoms with E-state index in [-0.39, 0.29) is 12.2 Å². The van der Waals surface area contributed by atoms with Crippen LogP contribution in [0.5, 0.6) is 0 Å². The summed E-state index contributed by atoms with van der Waals surface area (Å²) >= 11 is 5.88. The molecular weight excluding hydrogens is 231 g/mol. The van der Waals surface area contributed by atoms with E-state index in [1.807, 2.05) is 0 Å². The molecule has 1 aliphatic carbocycles. The molecule has 0 saturated heterocycles. The van der Waals surface area contributed by atoms with Crippen molar-refractivity contribution in [2.75, 3.05) is 0 Å². The maximum Gasteiger partial charge on any atom is 0.304 e. The summed E-state index contributed by atoms with van der Waals surface area (Å²) < 4.78 is 13.9. The fourth-order valence-electron chi connectivity index (χ4n) is 2.09. The number of carbonyl (C=O) groups is 1. The number of carboxylic acids is 1. The topological polar surface area (TPSA) is 37.3 Å². The number of benzene rings is 1. The number of carboxylic acid groups (broad SMARTS) is 1. The average molecular weight is 243 g/mol. The van der Waals surface area contributed by atoms with Gasteiger partial charge in [0.15, 0.2) is 0 Å². The molecule has 0 bridgehead atoms. The average Bonchev–Trinajstić information content (AvgIpc) is 2.91. The van der Waals surface area contributed by atoms with E-state index in [1.165, 1.54) is 0 Å². The highest BCUT2D eigenvalue weighted by Crippen LogP contribution is 2.52. The van der Waals surface area contributed by atoms with Gasteiger partial charge in [0.1, 0.15) is 5.82 Å². The molecular formula is C12H12ClFO2. The summed E-state index contributed by atoms with van der Waals surface area (Å²) in [7, 11) is 0. The van der Waals surface area contributed by atoms with Crippen LogP contribution in [0.15, 0.2) is 12.1 Å². The quantitative estimate of drug-likeness (QED) is 0.883. The van der Waals surface area contributed by atoms with Gasteiger partial charge in [0.05, 0.1) is 6.42 Å². The Kier molecular flexibility index (Phi) is 2.66. The first-order chi connectivity index (χ1) is 7.44. The molecule has 1 N–H and O–H groups in total. The van der Waals surface area contributed by atoms with E-state index in [4.69, 9.17) is 16.7 Å². The van der Waals surface area contributed by atoms with Crippen LogP contribution in [0.2, 0.25) is 5.02 Å². The predicted molar refractivity (Wildman–Crippen MR) is 59.3 cm³/mol. The summed E-state index contributed by atoms with van der Waals surface area (Å²) in [5, 5.41) is 9.29. The summed E-state index contributed by atoms with van der Waals surface area (Å²) in [5.74, 6) is -1.21. The van der Waals surface area contributed by atoms with Crippen molar-refractivity contribution in [1.29, 1.82) is 0 Å². The molecule has 2 nitrogen and oxygen atoms in total. The largest absolute Gasteiger partial charge is 0.481 e. The number of hydrogen-bond donors (Lipinski definition) is 1. The summed E-state index contributed by atoms with van der Waals surface area (Å²) in [6.45, 7) is 1.64. The van der Waals surface area contributed by atoms with E-state index in [0.717, 1.165) is 12.8 Å². The third-order valence-corrected chi connectivity index (χ3v) is 3.35. The Hall–Kier alpha value is -1.09. The molecule has 0 atom stereocenters.